The van der Waals surface area contributed by atoms with Crippen LogP contribution >= 0.6 is 24.2 Å². The zero-order valence-corrected chi connectivity index (χ0v) is 13.6. The van der Waals surface area contributed by atoms with Crippen LogP contribution in [-0.4, -0.2) is 35.8 Å². The number of methoxy groups -OCH3 is 1. The van der Waals surface area contributed by atoms with Crippen molar-refractivity contribution in [2.45, 2.75) is 25.1 Å². The lowest BCUT2D eigenvalue weighted by atomic mass is 10.1. The van der Waals surface area contributed by atoms with Gasteiger partial charge in [0, 0.05) is 16.9 Å². The fourth-order valence-corrected chi connectivity index (χ4v) is 2.62. The van der Waals surface area contributed by atoms with Gasteiger partial charge in [-0.2, -0.15) is 11.8 Å². The van der Waals surface area contributed by atoms with Gasteiger partial charge in [0.15, 0.2) is 5.78 Å². The molecule has 1 rings (SSSR count). The van der Waals surface area contributed by atoms with E-state index in [2.05, 4.69) is 0 Å². The molecule has 3 N–H and O–H groups in total. The number of ether oxygens (including phenoxy) is 1. The minimum absolute atomic E-state index is 0. The molecule has 7 heteroatoms. The number of carbonyl (C=O) groups is 2. The second kappa shape index (κ2) is 9.65. The van der Waals surface area contributed by atoms with Gasteiger partial charge in [-0.3, -0.25) is 9.59 Å². The second-order valence-corrected chi connectivity index (χ2v) is 5.47. The quantitative estimate of drug-likeness (QED) is 0.560. The van der Waals surface area contributed by atoms with Gasteiger partial charge in [0.1, 0.15) is 11.8 Å². The van der Waals surface area contributed by atoms with E-state index in [0.29, 0.717) is 29.2 Å². The maximum absolute atomic E-state index is 11.3. The SMILES string of the molecule is COc1cc(C(C)=O)ccc1CSCC[C@H](N)C(=O)O.Cl. The number of carbonyl (C=O) groups excluding carboxylic acids is 1. The van der Waals surface area contributed by atoms with Crippen molar-refractivity contribution < 1.29 is 19.4 Å². The molecule has 1 aromatic rings. The van der Waals surface area contributed by atoms with Gasteiger partial charge in [0.25, 0.3) is 0 Å². The van der Waals surface area contributed by atoms with E-state index in [1.807, 2.05) is 6.07 Å². The molecule has 0 unspecified atom stereocenters. The molecule has 0 bridgehead atoms. The summed E-state index contributed by atoms with van der Waals surface area (Å²) in [7, 11) is 1.56. The van der Waals surface area contributed by atoms with Gasteiger partial charge >= 0.3 is 5.97 Å². The smallest absolute Gasteiger partial charge is 0.320 e. The van der Waals surface area contributed by atoms with Crippen molar-refractivity contribution in [3.8, 4) is 5.75 Å². The average Bonchev–Trinajstić information content (AvgIpc) is 2.42. The molecule has 0 aromatic heterocycles. The van der Waals surface area contributed by atoms with Crippen molar-refractivity contribution in [1.82, 2.24) is 0 Å². The van der Waals surface area contributed by atoms with E-state index < -0.39 is 12.0 Å². The minimum Gasteiger partial charge on any atom is -0.496 e. The number of aliphatic carboxylic acids is 1. The summed E-state index contributed by atoms with van der Waals surface area (Å²) in [6.45, 7) is 1.51. The number of ketones is 1. The van der Waals surface area contributed by atoms with Gasteiger partial charge in [-0.05, 0) is 25.2 Å². The molecular weight excluding hydrogens is 314 g/mol. The molecule has 0 aliphatic rings. The number of carboxylic acids is 1. The van der Waals surface area contributed by atoms with Crippen LogP contribution in [0.15, 0.2) is 18.2 Å². The first-order chi connectivity index (χ1) is 9.45. The van der Waals surface area contributed by atoms with Crippen LogP contribution in [0.3, 0.4) is 0 Å². The summed E-state index contributed by atoms with van der Waals surface area (Å²) in [5, 5.41) is 8.68. The van der Waals surface area contributed by atoms with E-state index in [0.717, 1.165) is 5.56 Å². The van der Waals surface area contributed by atoms with Gasteiger partial charge in [-0.25, -0.2) is 0 Å². The summed E-state index contributed by atoms with van der Waals surface area (Å²) in [6.07, 6.45) is 0.424. The third-order valence-corrected chi connectivity index (χ3v) is 3.88. The van der Waals surface area contributed by atoms with Crippen LogP contribution in [0.4, 0.5) is 0 Å². The van der Waals surface area contributed by atoms with Crippen molar-refractivity contribution in [1.29, 1.82) is 0 Å². The molecule has 21 heavy (non-hydrogen) atoms. The Balaban J connectivity index is 0.00000400. The Morgan fingerprint density at radius 1 is 1.43 bits per heavy atom. The number of benzene rings is 1. The van der Waals surface area contributed by atoms with Crippen LogP contribution in [0.25, 0.3) is 0 Å². The predicted molar refractivity (Wildman–Crippen MR) is 86.6 cm³/mol. The first-order valence-electron chi connectivity index (χ1n) is 6.19. The first kappa shape index (κ1) is 19.8. The van der Waals surface area contributed by atoms with Crippen molar-refractivity contribution in [3.05, 3.63) is 29.3 Å². The fraction of sp³-hybridized carbons (Fsp3) is 0.429. The number of rotatable bonds is 8. The number of Topliss-reactive ketones (excluding diaryl/α,β-unsaturated/α-hetero) is 1. The molecule has 0 aliphatic heterocycles. The molecule has 0 fully saturated rings. The maximum Gasteiger partial charge on any atom is 0.320 e. The Hall–Kier alpha value is -1.24. The highest BCUT2D eigenvalue weighted by Crippen LogP contribution is 2.25. The average molecular weight is 334 g/mol. The minimum atomic E-state index is -0.978. The molecule has 0 heterocycles. The molecule has 5 nitrogen and oxygen atoms in total. The summed E-state index contributed by atoms with van der Waals surface area (Å²) >= 11 is 1.59. The third-order valence-electron chi connectivity index (χ3n) is 2.84. The Labute approximate surface area is 134 Å². The third kappa shape index (κ3) is 6.37. The maximum atomic E-state index is 11.3. The number of hydrogen-bond donors (Lipinski definition) is 2. The van der Waals surface area contributed by atoms with Crippen LogP contribution in [0.2, 0.25) is 0 Å². The second-order valence-electron chi connectivity index (χ2n) is 4.37. The molecule has 0 amide bonds. The summed E-state index contributed by atoms with van der Waals surface area (Å²) in [6, 6.07) is 4.54. The lowest BCUT2D eigenvalue weighted by Gasteiger charge is -2.10. The fourth-order valence-electron chi connectivity index (χ4n) is 1.60. The van der Waals surface area contributed by atoms with Crippen LogP contribution < -0.4 is 10.5 Å². The van der Waals surface area contributed by atoms with E-state index in [-0.39, 0.29) is 18.2 Å². The summed E-state index contributed by atoms with van der Waals surface area (Å²) in [5.41, 5.74) is 7.02. The summed E-state index contributed by atoms with van der Waals surface area (Å²) in [5.74, 6) is 1.04. The normalized spacial score (nSPS) is 11.4. The predicted octanol–water partition coefficient (Wildman–Crippen LogP) is 2.35. The van der Waals surface area contributed by atoms with Crippen molar-refractivity contribution in [2.24, 2.45) is 5.73 Å². The summed E-state index contributed by atoms with van der Waals surface area (Å²) in [4.78, 5) is 21.9. The number of thioether (sulfide) groups is 1. The van der Waals surface area contributed by atoms with E-state index >= 15 is 0 Å². The van der Waals surface area contributed by atoms with Gasteiger partial charge in [0.2, 0.25) is 0 Å². The van der Waals surface area contributed by atoms with Crippen LogP contribution in [-0.2, 0) is 10.5 Å². The molecular formula is C14H20ClNO4S. The Bertz CT molecular complexity index is 496. The molecule has 0 radical (unpaired) electrons. The van der Waals surface area contributed by atoms with Gasteiger partial charge in [-0.1, -0.05) is 12.1 Å². The van der Waals surface area contributed by atoms with E-state index in [9.17, 15) is 9.59 Å². The van der Waals surface area contributed by atoms with Crippen molar-refractivity contribution >= 4 is 35.9 Å². The molecule has 0 spiro atoms. The first-order valence-corrected chi connectivity index (χ1v) is 7.35. The topological polar surface area (TPSA) is 89.6 Å². The highest BCUT2D eigenvalue weighted by Gasteiger charge is 2.11. The largest absolute Gasteiger partial charge is 0.496 e. The monoisotopic (exact) mass is 333 g/mol. The molecule has 0 aliphatic carbocycles. The van der Waals surface area contributed by atoms with E-state index in [1.54, 1.807) is 31.0 Å². The standard InChI is InChI=1S/C14H19NO4S.ClH/c1-9(16)10-3-4-11(13(7-10)19-2)8-20-6-5-12(15)14(17)18;/h3-4,7,12H,5-6,8,15H2,1-2H3,(H,17,18);1H/t12-;/m0./s1. The van der Waals surface area contributed by atoms with Gasteiger partial charge < -0.3 is 15.6 Å². The number of nitrogens with two attached hydrogens (primary N) is 1. The molecule has 1 atom stereocenters. The highest BCUT2D eigenvalue weighted by molar-refractivity contribution is 7.98. The van der Waals surface area contributed by atoms with Crippen LogP contribution in [0.1, 0.15) is 29.3 Å². The van der Waals surface area contributed by atoms with E-state index in [4.69, 9.17) is 15.6 Å². The summed E-state index contributed by atoms with van der Waals surface area (Å²) < 4.78 is 5.27. The zero-order chi connectivity index (χ0) is 15.1. The Morgan fingerprint density at radius 2 is 2.10 bits per heavy atom. The molecule has 0 saturated carbocycles. The number of carboxylic acid groups (broad SMARTS) is 1. The molecule has 1 aromatic carbocycles. The lowest BCUT2D eigenvalue weighted by Crippen LogP contribution is -2.30. The van der Waals surface area contributed by atoms with Crippen molar-refractivity contribution in [2.75, 3.05) is 12.9 Å². The van der Waals surface area contributed by atoms with E-state index in [1.165, 1.54) is 6.92 Å². The van der Waals surface area contributed by atoms with Gasteiger partial charge in [0.05, 0.1) is 7.11 Å². The highest BCUT2D eigenvalue weighted by atomic mass is 35.5. The van der Waals surface area contributed by atoms with Gasteiger partial charge in [-0.15, -0.1) is 12.4 Å². The zero-order valence-electron chi connectivity index (χ0n) is 12.0. The molecule has 118 valence electrons. The van der Waals surface area contributed by atoms with Crippen LogP contribution in [0.5, 0.6) is 5.75 Å². The number of halogens is 1. The lowest BCUT2D eigenvalue weighted by molar-refractivity contribution is -0.138. The number of hydrogen-bond acceptors (Lipinski definition) is 5. The Morgan fingerprint density at radius 3 is 2.62 bits per heavy atom. The molecule has 0 saturated heterocycles. The van der Waals surface area contributed by atoms with Crippen LogP contribution in [0, 0.1) is 0 Å². The Kier molecular flexibility index (Phi) is 9.08. The van der Waals surface area contributed by atoms with Crippen molar-refractivity contribution in [3.63, 3.8) is 0 Å².